The van der Waals surface area contributed by atoms with Gasteiger partial charge in [0, 0.05) is 12.8 Å². The van der Waals surface area contributed by atoms with Crippen molar-refractivity contribution in [2.24, 2.45) is 17.6 Å². The fourth-order valence-electron chi connectivity index (χ4n) is 4.29. The predicted molar refractivity (Wildman–Crippen MR) is 154 cm³/mol. The molecule has 0 aliphatic heterocycles. The van der Waals surface area contributed by atoms with Gasteiger partial charge in [0.25, 0.3) is 0 Å². The standard InChI is InChI=1S/C30H42N4O7/c1-17(2)13-23(31)27(37)32-24(14-18(3)4)28(38)33-25(15-19-5-9-21(35)10-6-19)29(39)34-26(30(40)41)16-20-7-11-22(36)12-8-20/h5-12,17-18,23-26,35-36H,13-16,31H2,1-4H3,(H,32,37)(H,33,38)(H,34,39)(H,40,41). The van der Waals surface area contributed by atoms with Crippen LogP contribution < -0.4 is 21.7 Å². The molecule has 0 fully saturated rings. The zero-order valence-corrected chi connectivity index (χ0v) is 24.0. The predicted octanol–water partition coefficient (Wildman–Crippen LogP) is 1.84. The molecule has 11 heteroatoms. The number of amides is 3. The number of hydrogen-bond acceptors (Lipinski definition) is 7. The van der Waals surface area contributed by atoms with Crippen molar-refractivity contribution in [2.45, 2.75) is 77.5 Å². The van der Waals surface area contributed by atoms with Crippen molar-refractivity contribution in [3.8, 4) is 11.5 Å². The van der Waals surface area contributed by atoms with Crippen LogP contribution >= 0.6 is 0 Å². The lowest BCUT2D eigenvalue weighted by molar-refractivity contribution is -0.142. The van der Waals surface area contributed by atoms with Crippen molar-refractivity contribution in [3.05, 3.63) is 59.7 Å². The van der Waals surface area contributed by atoms with E-state index >= 15 is 0 Å². The molecule has 4 atom stereocenters. The number of carboxylic acid groups (broad SMARTS) is 1. The Bertz CT molecular complexity index is 1170. The molecule has 0 aliphatic rings. The lowest BCUT2D eigenvalue weighted by atomic mass is 9.99. The van der Waals surface area contributed by atoms with E-state index in [1.165, 1.54) is 24.3 Å². The summed E-state index contributed by atoms with van der Waals surface area (Å²) in [5, 5.41) is 36.8. The monoisotopic (exact) mass is 570 g/mol. The Morgan fingerprint density at radius 3 is 1.46 bits per heavy atom. The van der Waals surface area contributed by atoms with Crippen LogP contribution in [0.4, 0.5) is 0 Å². The number of aromatic hydroxyl groups is 2. The van der Waals surface area contributed by atoms with Crippen molar-refractivity contribution in [1.29, 1.82) is 0 Å². The number of phenols is 2. The number of hydrogen-bond donors (Lipinski definition) is 7. The van der Waals surface area contributed by atoms with E-state index in [4.69, 9.17) is 5.73 Å². The summed E-state index contributed by atoms with van der Waals surface area (Å²) in [6, 6.07) is 7.72. The molecule has 2 rings (SSSR count). The first-order chi connectivity index (χ1) is 19.2. The highest BCUT2D eigenvalue weighted by Crippen LogP contribution is 2.14. The fourth-order valence-corrected chi connectivity index (χ4v) is 4.29. The van der Waals surface area contributed by atoms with Crippen molar-refractivity contribution in [2.75, 3.05) is 0 Å². The molecule has 0 radical (unpaired) electrons. The van der Waals surface area contributed by atoms with Crippen LogP contribution in [0.2, 0.25) is 0 Å². The molecule has 0 heterocycles. The first-order valence-electron chi connectivity index (χ1n) is 13.7. The SMILES string of the molecule is CC(C)CC(N)C(=O)NC(CC(C)C)C(=O)NC(Cc1ccc(O)cc1)C(=O)NC(Cc1ccc(O)cc1)C(=O)O. The maximum atomic E-state index is 13.4. The molecule has 2 aromatic rings. The van der Waals surface area contributed by atoms with Gasteiger partial charge >= 0.3 is 5.97 Å². The average molecular weight is 571 g/mol. The number of aliphatic carboxylic acids is 1. The number of benzene rings is 2. The van der Waals surface area contributed by atoms with Crippen LogP contribution in [0, 0.1) is 11.8 Å². The third-order valence-electron chi connectivity index (χ3n) is 6.40. The molecule has 11 nitrogen and oxygen atoms in total. The summed E-state index contributed by atoms with van der Waals surface area (Å²) in [6.45, 7) is 7.65. The normalized spacial score (nSPS) is 14.1. The van der Waals surface area contributed by atoms with Crippen LogP contribution in [-0.2, 0) is 32.0 Å². The summed E-state index contributed by atoms with van der Waals surface area (Å²) >= 11 is 0. The van der Waals surface area contributed by atoms with Gasteiger partial charge in [-0.25, -0.2) is 4.79 Å². The van der Waals surface area contributed by atoms with E-state index in [1.54, 1.807) is 24.3 Å². The van der Waals surface area contributed by atoms with Gasteiger partial charge in [0.05, 0.1) is 6.04 Å². The van der Waals surface area contributed by atoms with E-state index in [-0.39, 0.29) is 42.6 Å². The van der Waals surface area contributed by atoms with Gasteiger partial charge in [0.2, 0.25) is 17.7 Å². The minimum atomic E-state index is -1.31. The molecule has 0 aliphatic carbocycles. The van der Waals surface area contributed by atoms with Crippen molar-refractivity contribution < 1.29 is 34.5 Å². The number of carboxylic acids is 1. The van der Waals surface area contributed by atoms with Gasteiger partial charge in [-0.15, -0.1) is 0 Å². The lowest BCUT2D eigenvalue weighted by Crippen LogP contribution is -2.58. The molecular formula is C30H42N4O7. The number of carbonyl (C=O) groups excluding carboxylic acids is 3. The molecule has 0 aromatic heterocycles. The summed E-state index contributed by atoms with van der Waals surface area (Å²) in [4.78, 5) is 51.6. The molecule has 3 amide bonds. The van der Waals surface area contributed by atoms with Gasteiger partial charge in [-0.1, -0.05) is 52.0 Å². The van der Waals surface area contributed by atoms with Crippen molar-refractivity contribution in [3.63, 3.8) is 0 Å². The van der Waals surface area contributed by atoms with Gasteiger partial charge in [0.1, 0.15) is 29.6 Å². The Hall–Kier alpha value is -4.12. The van der Waals surface area contributed by atoms with E-state index in [2.05, 4.69) is 16.0 Å². The minimum Gasteiger partial charge on any atom is -0.508 e. The quantitative estimate of drug-likeness (QED) is 0.169. The third-order valence-corrected chi connectivity index (χ3v) is 6.40. The van der Waals surface area contributed by atoms with Crippen LogP contribution in [0.3, 0.4) is 0 Å². The molecule has 41 heavy (non-hydrogen) atoms. The highest BCUT2D eigenvalue weighted by atomic mass is 16.4. The van der Waals surface area contributed by atoms with E-state index in [1.807, 2.05) is 27.7 Å². The number of rotatable bonds is 15. The molecule has 8 N–H and O–H groups in total. The first-order valence-corrected chi connectivity index (χ1v) is 13.7. The highest BCUT2D eigenvalue weighted by Gasteiger charge is 2.31. The second-order valence-electron chi connectivity index (χ2n) is 11.1. The Balaban J connectivity index is 2.27. The van der Waals surface area contributed by atoms with Gasteiger partial charge in [0.15, 0.2) is 0 Å². The van der Waals surface area contributed by atoms with Crippen LogP contribution in [0.5, 0.6) is 11.5 Å². The van der Waals surface area contributed by atoms with Crippen LogP contribution in [-0.4, -0.2) is 63.2 Å². The Morgan fingerprint density at radius 2 is 1.02 bits per heavy atom. The van der Waals surface area contributed by atoms with E-state index in [0.717, 1.165) is 0 Å². The van der Waals surface area contributed by atoms with Crippen LogP contribution in [0.15, 0.2) is 48.5 Å². The molecule has 0 spiro atoms. The summed E-state index contributed by atoms with van der Waals surface area (Å²) in [5.74, 6) is -2.83. The smallest absolute Gasteiger partial charge is 0.326 e. The molecule has 224 valence electrons. The maximum absolute atomic E-state index is 13.4. The number of nitrogens with one attached hydrogen (secondary N) is 3. The topological polar surface area (TPSA) is 191 Å². The van der Waals surface area contributed by atoms with E-state index in [0.29, 0.717) is 17.5 Å². The maximum Gasteiger partial charge on any atom is 0.326 e. The summed E-state index contributed by atoms with van der Waals surface area (Å²) in [7, 11) is 0. The van der Waals surface area contributed by atoms with Crippen LogP contribution in [0.25, 0.3) is 0 Å². The lowest BCUT2D eigenvalue weighted by Gasteiger charge is -2.26. The van der Waals surface area contributed by atoms with Gasteiger partial charge in [-0.3, -0.25) is 14.4 Å². The number of nitrogens with two attached hydrogens (primary N) is 1. The fraction of sp³-hybridized carbons (Fsp3) is 0.467. The van der Waals surface area contributed by atoms with Crippen molar-refractivity contribution >= 4 is 23.7 Å². The molecule has 0 bridgehead atoms. The van der Waals surface area contributed by atoms with Crippen LogP contribution in [0.1, 0.15) is 51.7 Å². The van der Waals surface area contributed by atoms with E-state index < -0.39 is 47.9 Å². The molecular weight excluding hydrogens is 528 g/mol. The summed E-state index contributed by atoms with van der Waals surface area (Å²) < 4.78 is 0. The van der Waals surface area contributed by atoms with Crippen molar-refractivity contribution in [1.82, 2.24) is 16.0 Å². The average Bonchev–Trinajstić information content (AvgIpc) is 2.89. The second-order valence-corrected chi connectivity index (χ2v) is 11.1. The highest BCUT2D eigenvalue weighted by molar-refractivity contribution is 5.94. The zero-order chi connectivity index (χ0) is 30.7. The van der Waals surface area contributed by atoms with Gasteiger partial charge < -0.3 is 37.0 Å². The summed E-state index contributed by atoms with van der Waals surface area (Å²) in [6.07, 6.45) is 0.670. The minimum absolute atomic E-state index is 0.00138. The zero-order valence-electron chi connectivity index (χ0n) is 24.0. The number of phenolic OH excluding ortho intramolecular Hbond substituents is 2. The Morgan fingerprint density at radius 1 is 0.634 bits per heavy atom. The molecule has 4 unspecified atom stereocenters. The molecule has 0 saturated carbocycles. The second kappa shape index (κ2) is 15.6. The first kappa shape index (κ1) is 33.1. The summed E-state index contributed by atoms with van der Waals surface area (Å²) in [5.41, 5.74) is 7.20. The largest absolute Gasteiger partial charge is 0.508 e. The van der Waals surface area contributed by atoms with Gasteiger partial charge in [-0.2, -0.15) is 0 Å². The third kappa shape index (κ3) is 11.5. The number of carbonyl (C=O) groups is 4. The Kier molecular flexibility index (Phi) is 12.6. The van der Waals surface area contributed by atoms with E-state index in [9.17, 15) is 34.5 Å². The van der Waals surface area contributed by atoms with Gasteiger partial charge in [-0.05, 0) is 60.1 Å². The molecule has 2 aromatic carbocycles. The Labute approximate surface area is 240 Å². The molecule has 0 saturated heterocycles.